The fourth-order valence-electron chi connectivity index (χ4n) is 10.3. The Bertz CT molecular complexity index is 1060. The predicted octanol–water partition coefficient (Wildman–Crippen LogP) is 20.4. The predicted molar refractivity (Wildman–Crippen MR) is 310 cm³/mol. The molecule has 2 atom stereocenters. The normalized spacial score (nSPS) is 12.6. The lowest BCUT2D eigenvalue weighted by Crippen LogP contribution is -2.45. The summed E-state index contributed by atoms with van der Waals surface area (Å²) in [6.07, 6.45) is 73.8. The summed E-state index contributed by atoms with van der Waals surface area (Å²) in [5.74, 6) is -0.0172. The molecule has 71 heavy (non-hydrogen) atoms. The Labute approximate surface area is 444 Å². The average Bonchev–Trinajstić information content (AvgIpc) is 3.37. The Morgan fingerprint density at radius 3 is 1.00 bits per heavy atom. The van der Waals surface area contributed by atoms with Crippen LogP contribution in [-0.2, 0) is 14.3 Å². The maximum Gasteiger partial charge on any atom is 0.305 e. The van der Waals surface area contributed by atoms with Crippen molar-refractivity contribution < 1.29 is 24.5 Å². The van der Waals surface area contributed by atoms with E-state index in [0.717, 1.165) is 38.5 Å². The summed E-state index contributed by atoms with van der Waals surface area (Å²) in [6.45, 7) is 4.98. The van der Waals surface area contributed by atoms with Crippen molar-refractivity contribution in [2.24, 2.45) is 0 Å². The molecule has 0 spiro atoms. The number of carbonyl (C=O) groups excluding carboxylic acids is 2. The molecule has 0 aromatic rings. The average molecular weight is 1000 g/mol. The number of unbranched alkanes of at least 4 members (excludes halogenated alkanes) is 48. The molecule has 0 aliphatic heterocycles. The summed E-state index contributed by atoms with van der Waals surface area (Å²) in [6, 6.07) is -0.541. The lowest BCUT2D eigenvalue weighted by Gasteiger charge is -2.22. The number of hydrogen-bond acceptors (Lipinski definition) is 5. The van der Waals surface area contributed by atoms with Gasteiger partial charge in [-0.15, -0.1) is 0 Å². The van der Waals surface area contributed by atoms with Gasteiger partial charge in [0.15, 0.2) is 0 Å². The second-order valence-electron chi connectivity index (χ2n) is 22.5. The number of aliphatic hydroxyl groups is 2. The van der Waals surface area contributed by atoms with Gasteiger partial charge in [0.1, 0.15) is 0 Å². The zero-order valence-electron chi connectivity index (χ0n) is 48.2. The van der Waals surface area contributed by atoms with Crippen LogP contribution in [0.1, 0.15) is 367 Å². The molecule has 0 bridgehead atoms. The van der Waals surface area contributed by atoms with Crippen LogP contribution in [0.2, 0.25) is 0 Å². The monoisotopic (exact) mass is 1000 g/mol. The van der Waals surface area contributed by atoms with Gasteiger partial charge in [-0.25, -0.2) is 0 Å². The third-order valence-electron chi connectivity index (χ3n) is 15.3. The van der Waals surface area contributed by atoms with E-state index in [9.17, 15) is 19.8 Å². The van der Waals surface area contributed by atoms with E-state index >= 15 is 0 Å². The van der Waals surface area contributed by atoms with Crippen molar-refractivity contribution in [1.82, 2.24) is 5.32 Å². The quantitative estimate of drug-likeness (QED) is 0.0320. The molecule has 3 N–H and O–H groups in total. The van der Waals surface area contributed by atoms with Gasteiger partial charge in [0.2, 0.25) is 5.91 Å². The first-order valence-corrected chi connectivity index (χ1v) is 32.4. The summed E-state index contributed by atoms with van der Waals surface area (Å²) in [5.41, 5.74) is 0. The van der Waals surface area contributed by atoms with E-state index in [1.807, 2.05) is 0 Å². The Morgan fingerprint density at radius 2 is 0.662 bits per heavy atom. The molecule has 0 aliphatic rings. The molecule has 0 aliphatic carbocycles. The number of allylic oxidation sites excluding steroid dienone is 2. The SMILES string of the molecule is CCCCCCCCCCCCCCCCCCC(O)C(CO)NC(=O)CCCCCCCCCCCCC/C=C\CCCCCCCCCCCCCCOC(=O)CCCCCCCCCCCCC. The Kier molecular flexibility index (Phi) is 59.9. The highest BCUT2D eigenvalue weighted by molar-refractivity contribution is 5.76. The van der Waals surface area contributed by atoms with Crippen molar-refractivity contribution in [3.63, 3.8) is 0 Å². The number of amides is 1. The van der Waals surface area contributed by atoms with E-state index in [1.54, 1.807) is 0 Å². The van der Waals surface area contributed by atoms with E-state index in [4.69, 9.17) is 4.74 Å². The van der Waals surface area contributed by atoms with Crippen LogP contribution in [0.15, 0.2) is 12.2 Å². The molecule has 422 valence electrons. The second-order valence-corrected chi connectivity index (χ2v) is 22.5. The molecule has 6 heteroatoms. The van der Waals surface area contributed by atoms with E-state index in [1.165, 1.54) is 295 Å². The molecule has 2 unspecified atom stereocenters. The van der Waals surface area contributed by atoms with Crippen LogP contribution in [0, 0.1) is 0 Å². The Morgan fingerprint density at radius 1 is 0.380 bits per heavy atom. The first-order valence-electron chi connectivity index (χ1n) is 32.4. The van der Waals surface area contributed by atoms with Gasteiger partial charge in [0, 0.05) is 12.8 Å². The van der Waals surface area contributed by atoms with Gasteiger partial charge < -0.3 is 20.3 Å². The van der Waals surface area contributed by atoms with Crippen molar-refractivity contribution >= 4 is 11.9 Å². The fraction of sp³-hybridized carbons (Fsp3) is 0.938. The van der Waals surface area contributed by atoms with Crippen LogP contribution in [-0.4, -0.2) is 47.4 Å². The summed E-state index contributed by atoms with van der Waals surface area (Å²) in [5, 5.41) is 23.3. The van der Waals surface area contributed by atoms with Gasteiger partial charge in [-0.2, -0.15) is 0 Å². The third kappa shape index (κ3) is 57.7. The minimum absolute atomic E-state index is 0.0155. The molecule has 0 rings (SSSR count). The van der Waals surface area contributed by atoms with E-state index in [2.05, 4.69) is 31.3 Å². The number of carbonyl (C=O) groups is 2. The standard InChI is InChI=1S/C65H127NO5/c1-3-5-7-9-11-13-15-16-17-31-34-38-41-45-49-53-57-63(68)62(61-67)66-64(69)58-54-50-46-42-39-35-32-29-27-25-23-21-19-18-20-22-24-26-28-30-33-36-40-44-48-52-56-60-71-65(70)59-55-51-47-43-37-14-12-10-8-6-4-2/h18-19,62-63,67-68H,3-17,20-61H2,1-2H3,(H,66,69)/b19-18-. The molecule has 0 fully saturated rings. The van der Waals surface area contributed by atoms with Crippen molar-refractivity contribution in [2.75, 3.05) is 13.2 Å². The zero-order chi connectivity index (χ0) is 51.4. The van der Waals surface area contributed by atoms with Crippen molar-refractivity contribution in [3.05, 3.63) is 12.2 Å². The van der Waals surface area contributed by atoms with Gasteiger partial charge in [-0.1, -0.05) is 315 Å². The molecule has 0 radical (unpaired) electrons. The maximum atomic E-state index is 12.5. The minimum Gasteiger partial charge on any atom is -0.466 e. The Hall–Kier alpha value is -1.40. The van der Waals surface area contributed by atoms with E-state index in [0.29, 0.717) is 25.9 Å². The van der Waals surface area contributed by atoms with Crippen LogP contribution in [0.4, 0.5) is 0 Å². The van der Waals surface area contributed by atoms with Gasteiger partial charge in [-0.05, 0) is 51.4 Å². The first kappa shape index (κ1) is 69.6. The zero-order valence-corrected chi connectivity index (χ0v) is 48.2. The number of hydrogen-bond donors (Lipinski definition) is 3. The number of ether oxygens (including phenoxy) is 1. The van der Waals surface area contributed by atoms with Gasteiger partial charge in [-0.3, -0.25) is 9.59 Å². The fourth-order valence-corrected chi connectivity index (χ4v) is 10.3. The molecule has 0 heterocycles. The van der Waals surface area contributed by atoms with Gasteiger partial charge >= 0.3 is 5.97 Å². The minimum atomic E-state index is -0.664. The van der Waals surface area contributed by atoms with Crippen LogP contribution in [0.5, 0.6) is 0 Å². The van der Waals surface area contributed by atoms with Crippen LogP contribution in [0.25, 0.3) is 0 Å². The highest BCUT2D eigenvalue weighted by Gasteiger charge is 2.20. The Balaban J connectivity index is 3.38. The van der Waals surface area contributed by atoms with Gasteiger partial charge in [0.05, 0.1) is 25.4 Å². The summed E-state index contributed by atoms with van der Waals surface area (Å²) < 4.78 is 5.47. The summed E-state index contributed by atoms with van der Waals surface area (Å²) in [7, 11) is 0. The van der Waals surface area contributed by atoms with Crippen molar-refractivity contribution in [3.8, 4) is 0 Å². The number of esters is 1. The van der Waals surface area contributed by atoms with Crippen LogP contribution in [0.3, 0.4) is 0 Å². The topological polar surface area (TPSA) is 95.9 Å². The molecule has 0 aromatic carbocycles. The molecule has 0 saturated heterocycles. The van der Waals surface area contributed by atoms with Crippen LogP contribution >= 0.6 is 0 Å². The molecular weight excluding hydrogens is 875 g/mol. The molecule has 6 nitrogen and oxygen atoms in total. The third-order valence-corrected chi connectivity index (χ3v) is 15.3. The summed E-state index contributed by atoms with van der Waals surface area (Å²) in [4.78, 5) is 24.5. The molecule has 0 saturated carbocycles. The smallest absolute Gasteiger partial charge is 0.305 e. The lowest BCUT2D eigenvalue weighted by molar-refractivity contribution is -0.143. The van der Waals surface area contributed by atoms with E-state index < -0.39 is 12.1 Å². The van der Waals surface area contributed by atoms with Crippen molar-refractivity contribution in [2.45, 2.75) is 379 Å². The van der Waals surface area contributed by atoms with Gasteiger partial charge in [0.25, 0.3) is 0 Å². The molecular formula is C65H127NO5. The first-order chi connectivity index (χ1) is 35.0. The maximum absolute atomic E-state index is 12.5. The largest absolute Gasteiger partial charge is 0.466 e. The molecule has 1 amide bonds. The number of nitrogens with one attached hydrogen (secondary N) is 1. The van der Waals surface area contributed by atoms with Crippen molar-refractivity contribution in [1.29, 1.82) is 0 Å². The lowest BCUT2D eigenvalue weighted by atomic mass is 10.0. The van der Waals surface area contributed by atoms with E-state index in [-0.39, 0.29) is 18.5 Å². The number of aliphatic hydroxyl groups excluding tert-OH is 2. The summed E-state index contributed by atoms with van der Waals surface area (Å²) >= 11 is 0. The highest BCUT2D eigenvalue weighted by atomic mass is 16.5. The molecule has 0 aromatic heterocycles. The van der Waals surface area contributed by atoms with Crippen LogP contribution < -0.4 is 5.32 Å². The number of rotatable bonds is 61. The second kappa shape index (κ2) is 61.1. The highest BCUT2D eigenvalue weighted by Crippen LogP contribution is 2.18.